The van der Waals surface area contributed by atoms with Crippen molar-refractivity contribution in [2.75, 3.05) is 57.3 Å². The summed E-state index contributed by atoms with van der Waals surface area (Å²) in [7, 11) is 3.26. The van der Waals surface area contributed by atoms with Gasteiger partial charge in [0.1, 0.15) is 29.9 Å². The number of hydrogen-bond donors (Lipinski definition) is 4. The average Bonchev–Trinajstić information content (AvgIpc) is 3.00. The number of ether oxygens (including phenoxy) is 3. The number of alkyl carbamates (subject to hydrolysis) is 1. The first-order valence-corrected chi connectivity index (χ1v) is 14.1. The first-order chi connectivity index (χ1) is 21.8. The van der Waals surface area contributed by atoms with Crippen molar-refractivity contribution in [1.82, 2.24) is 10.6 Å². The molecule has 0 atom stereocenters. The molecule has 0 aliphatic carbocycles. The van der Waals surface area contributed by atoms with Gasteiger partial charge in [-0.25, -0.2) is 4.79 Å². The number of nitro benzene ring substituents is 1. The summed E-state index contributed by atoms with van der Waals surface area (Å²) >= 11 is 0. The van der Waals surface area contributed by atoms with Crippen LogP contribution in [-0.2, 0) is 4.74 Å². The summed E-state index contributed by atoms with van der Waals surface area (Å²) in [6, 6.07) is 5.61. The number of nitrogens with two attached hydrogens (primary N) is 1. The maximum absolute atomic E-state index is 11.9. The minimum atomic E-state index is -0.855. The lowest BCUT2D eigenvalue weighted by atomic mass is 10.1. The zero-order valence-electron chi connectivity index (χ0n) is 26.6. The van der Waals surface area contributed by atoms with Crippen LogP contribution in [0.5, 0.6) is 11.5 Å². The number of anilines is 2. The third-order valence-electron chi connectivity index (χ3n) is 5.99. The van der Waals surface area contributed by atoms with Crippen molar-refractivity contribution in [3.63, 3.8) is 0 Å². The number of nitrogens with one attached hydrogen (secondary N) is 3. The highest BCUT2D eigenvalue weighted by molar-refractivity contribution is 5.95. The fraction of sp³-hybridized carbons (Fsp3) is 0.355. The van der Waals surface area contributed by atoms with Crippen molar-refractivity contribution in [1.29, 1.82) is 0 Å². The van der Waals surface area contributed by atoms with Crippen LogP contribution < -0.4 is 36.1 Å². The topological polar surface area (TPSA) is 200 Å². The van der Waals surface area contributed by atoms with Crippen LogP contribution >= 0.6 is 0 Å². The highest BCUT2D eigenvalue weighted by Gasteiger charge is 2.23. The zero-order valence-corrected chi connectivity index (χ0v) is 26.6. The Bertz CT molecular complexity index is 1470. The molecule has 15 nitrogen and oxygen atoms in total. The van der Waals surface area contributed by atoms with E-state index in [0.29, 0.717) is 42.2 Å². The van der Waals surface area contributed by atoms with Gasteiger partial charge in [0.25, 0.3) is 5.69 Å². The van der Waals surface area contributed by atoms with Crippen molar-refractivity contribution in [3.05, 3.63) is 69.8 Å². The van der Waals surface area contributed by atoms with Crippen LogP contribution in [-0.4, -0.2) is 82.6 Å². The van der Waals surface area contributed by atoms with E-state index in [-0.39, 0.29) is 36.7 Å². The highest BCUT2D eigenvalue weighted by Crippen LogP contribution is 2.39. The van der Waals surface area contributed by atoms with Gasteiger partial charge in [0.05, 0.1) is 24.4 Å². The molecule has 2 amide bonds. The number of carbonyl (C=O) groups is 3. The molecule has 15 heteroatoms. The van der Waals surface area contributed by atoms with E-state index in [0.717, 1.165) is 6.07 Å². The number of nitrogens with zero attached hydrogens (tertiary/aromatic N) is 3. The fourth-order valence-electron chi connectivity index (χ4n) is 4.07. The van der Waals surface area contributed by atoms with E-state index in [1.54, 1.807) is 58.2 Å². The number of benzene rings is 2. The van der Waals surface area contributed by atoms with Crippen LogP contribution in [0.4, 0.5) is 27.5 Å². The molecular weight excluding hydrogens is 598 g/mol. The Labute approximate surface area is 267 Å². The van der Waals surface area contributed by atoms with Crippen molar-refractivity contribution in [2.45, 2.75) is 26.4 Å². The van der Waals surface area contributed by atoms with E-state index in [1.807, 2.05) is 11.0 Å². The first-order valence-electron chi connectivity index (χ1n) is 14.1. The predicted molar refractivity (Wildman–Crippen MR) is 177 cm³/mol. The van der Waals surface area contributed by atoms with E-state index in [2.05, 4.69) is 27.7 Å². The number of hydrogen-bond acceptors (Lipinski definition) is 12. The van der Waals surface area contributed by atoms with Crippen LogP contribution in [0.2, 0.25) is 0 Å². The molecule has 0 heterocycles. The minimum Gasteiger partial charge on any atom is -0.494 e. The number of aliphatic imine (C=N–C) groups is 1. The van der Waals surface area contributed by atoms with E-state index >= 15 is 0 Å². The third-order valence-corrected chi connectivity index (χ3v) is 5.99. The maximum atomic E-state index is 11.9. The number of carbonyl (C=O) groups excluding carboxylic acids is 3. The maximum Gasteiger partial charge on any atom is 0.407 e. The molecule has 2 aromatic carbocycles. The van der Waals surface area contributed by atoms with Crippen LogP contribution in [0.1, 0.15) is 41.5 Å². The Morgan fingerprint density at radius 2 is 1.83 bits per heavy atom. The quantitative estimate of drug-likeness (QED) is 0.0460. The minimum absolute atomic E-state index is 0.0245. The zero-order chi connectivity index (χ0) is 34.3. The van der Waals surface area contributed by atoms with Gasteiger partial charge in [0.2, 0.25) is 5.91 Å². The highest BCUT2D eigenvalue weighted by atomic mass is 16.6. The standard InChI is InChI=1S/C31H41N7O8/c1-31(2,3)46-30(41)36-12-8-10-14-45-25-18-22(29(32)40)17-24(38(42)43)27(25)35-11-7-9-13-37(20-33-4)28-23(34-5)15-21(19-39)16-26(28)44-6/h7-10,15-19,33,35H,5,11-14,20H2,1-4,6H3,(H2,32,40)(H,36,41)/b9-7+,10-8+. The number of aldehydes is 1. The van der Waals surface area contributed by atoms with Crippen LogP contribution in [0.15, 0.2) is 53.6 Å². The lowest BCUT2D eigenvalue weighted by Gasteiger charge is -2.26. The molecule has 0 unspecified atom stereocenters. The second kappa shape index (κ2) is 17.8. The number of primary amides is 1. The fourth-order valence-corrected chi connectivity index (χ4v) is 4.07. The molecule has 46 heavy (non-hydrogen) atoms. The van der Waals surface area contributed by atoms with E-state index in [9.17, 15) is 24.5 Å². The van der Waals surface area contributed by atoms with Crippen molar-refractivity contribution in [2.24, 2.45) is 10.7 Å². The summed E-state index contributed by atoms with van der Waals surface area (Å²) in [5.74, 6) is -0.374. The van der Waals surface area contributed by atoms with Gasteiger partial charge in [0, 0.05) is 36.8 Å². The van der Waals surface area contributed by atoms with E-state index in [1.165, 1.54) is 13.2 Å². The van der Waals surface area contributed by atoms with E-state index < -0.39 is 28.2 Å². The molecule has 2 rings (SSSR count). The van der Waals surface area contributed by atoms with Crippen LogP contribution in [0.25, 0.3) is 0 Å². The Balaban J connectivity index is 2.20. The van der Waals surface area contributed by atoms with Crippen molar-refractivity contribution < 1.29 is 33.5 Å². The van der Waals surface area contributed by atoms with Gasteiger partial charge in [-0.05, 0) is 58.8 Å². The van der Waals surface area contributed by atoms with Crippen molar-refractivity contribution in [3.8, 4) is 11.5 Å². The average molecular weight is 640 g/mol. The number of amides is 2. The molecule has 0 spiro atoms. The summed E-state index contributed by atoms with van der Waals surface area (Å²) in [6.07, 6.45) is 6.93. The van der Waals surface area contributed by atoms with Gasteiger partial charge in [-0.15, -0.1) is 0 Å². The molecule has 0 aliphatic heterocycles. The summed E-state index contributed by atoms with van der Waals surface area (Å²) in [5, 5.41) is 20.6. The first kappa shape index (κ1) is 36.8. The molecule has 0 saturated heterocycles. The van der Waals surface area contributed by atoms with Gasteiger partial charge in [-0.3, -0.25) is 24.7 Å². The molecule has 0 bridgehead atoms. The molecular formula is C31H41N7O8. The molecule has 0 saturated carbocycles. The van der Waals surface area contributed by atoms with Crippen LogP contribution in [0, 0.1) is 10.1 Å². The predicted octanol–water partition coefficient (Wildman–Crippen LogP) is 3.96. The monoisotopic (exact) mass is 639 g/mol. The van der Waals surface area contributed by atoms with Crippen molar-refractivity contribution >= 4 is 47.8 Å². The Morgan fingerprint density at radius 1 is 1.11 bits per heavy atom. The third kappa shape index (κ3) is 11.2. The summed E-state index contributed by atoms with van der Waals surface area (Å²) < 4.78 is 16.4. The molecule has 0 aliphatic rings. The smallest absolute Gasteiger partial charge is 0.407 e. The number of nitro groups is 1. The SMILES string of the molecule is C=Nc1cc(C=O)cc(OC)c1N(C/C=C/CNc1c(OC/C=C/CNC(=O)OC(C)(C)C)cc(C(N)=O)cc1[N+](=O)[O-])CNC. The van der Waals surface area contributed by atoms with Gasteiger partial charge >= 0.3 is 6.09 Å². The summed E-state index contributed by atoms with van der Waals surface area (Å²) in [5.41, 5.74) is 5.81. The molecule has 0 radical (unpaired) electrons. The molecule has 0 aromatic heterocycles. The Morgan fingerprint density at radius 3 is 2.41 bits per heavy atom. The molecule has 248 valence electrons. The lowest BCUT2D eigenvalue weighted by molar-refractivity contribution is -0.384. The van der Waals surface area contributed by atoms with Gasteiger partial charge in [0.15, 0.2) is 11.4 Å². The number of methoxy groups -OCH3 is 1. The Kier molecular flexibility index (Phi) is 14.2. The largest absolute Gasteiger partial charge is 0.494 e. The van der Waals surface area contributed by atoms with Gasteiger partial charge in [-0.1, -0.05) is 18.2 Å². The summed E-state index contributed by atoms with van der Waals surface area (Å²) in [6.45, 7) is 9.93. The lowest BCUT2D eigenvalue weighted by Crippen LogP contribution is -2.33. The normalized spacial score (nSPS) is 11.2. The van der Waals surface area contributed by atoms with Crippen LogP contribution in [0.3, 0.4) is 0 Å². The Hall–Kier alpha value is -5.44. The van der Waals surface area contributed by atoms with E-state index in [4.69, 9.17) is 19.9 Å². The van der Waals surface area contributed by atoms with Gasteiger partial charge < -0.3 is 40.8 Å². The molecule has 2 aromatic rings. The second-order valence-electron chi connectivity index (χ2n) is 10.6. The molecule has 5 N–H and O–H groups in total. The summed E-state index contributed by atoms with van der Waals surface area (Å²) in [4.78, 5) is 52.3. The molecule has 0 fully saturated rings. The number of rotatable bonds is 18. The van der Waals surface area contributed by atoms with Gasteiger partial charge in [-0.2, -0.15) is 0 Å². The second-order valence-corrected chi connectivity index (χ2v) is 10.6.